The van der Waals surface area contributed by atoms with Crippen LogP contribution in [0.15, 0.2) is 41.4 Å². The molecule has 23 heavy (non-hydrogen) atoms. The second kappa shape index (κ2) is 6.59. The minimum absolute atomic E-state index is 0.0139. The van der Waals surface area contributed by atoms with Crippen LogP contribution < -0.4 is 9.62 Å². The van der Waals surface area contributed by atoms with Gasteiger partial charge in [-0.15, -0.1) is 0 Å². The van der Waals surface area contributed by atoms with E-state index in [1.807, 2.05) is 0 Å². The number of hydrogen-bond donors (Lipinski definition) is 1. The minimum atomic E-state index is -3.92. The van der Waals surface area contributed by atoms with Gasteiger partial charge in [0.2, 0.25) is 16.0 Å². The van der Waals surface area contributed by atoms with Gasteiger partial charge in [-0.3, -0.25) is 0 Å². The first-order valence-corrected chi connectivity index (χ1v) is 8.86. The summed E-state index contributed by atoms with van der Waals surface area (Å²) in [6, 6.07) is 6.91. The third-order valence-electron chi connectivity index (χ3n) is 3.66. The van der Waals surface area contributed by atoms with Crippen LogP contribution in [0.3, 0.4) is 0 Å². The maximum Gasteiger partial charge on any atom is 0.243 e. The van der Waals surface area contributed by atoms with Crippen LogP contribution in [0.4, 0.5) is 10.3 Å². The second-order valence-corrected chi connectivity index (χ2v) is 7.03. The fraction of sp³-hybridized carbons (Fsp3) is 0.333. The highest BCUT2D eigenvalue weighted by Crippen LogP contribution is 2.16. The van der Waals surface area contributed by atoms with Gasteiger partial charge < -0.3 is 4.90 Å². The molecule has 1 N–H and O–H groups in total. The highest BCUT2D eigenvalue weighted by Gasteiger charge is 2.19. The van der Waals surface area contributed by atoms with Crippen LogP contribution in [-0.2, 0) is 16.6 Å². The van der Waals surface area contributed by atoms with E-state index in [-0.39, 0.29) is 11.4 Å². The third kappa shape index (κ3) is 3.65. The molecule has 2 aromatic rings. The fourth-order valence-corrected chi connectivity index (χ4v) is 3.54. The van der Waals surface area contributed by atoms with E-state index in [0.717, 1.165) is 32.0 Å². The Morgan fingerprint density at radius 1 is 1.17 bits per heavy atom. The fourth-order valence-electron chi connectivity index (χ4n) is 2.46. The molecule has 1 saturated heterocycles. The van der Waals surface area contributed by atoms with E-state index in [1.165, 1.54) is 18.2 Å². The number of rotatable bonds is 5. The van der Waals surface area contributed by atoms with E-state index < -0.39 is 15.8 Å². The number of nitrogens with zero attached hydrogens (tertiary/aromatic N) is 3. The van der Waals surface area contributed by atoms with Crippen molar-refractivity contribution in [2.45, 2.75) is 24.3 Å². The molecule has 2 heterocycles. The maximum absolute atomic E-state index is 13.6. The molecule has 0 aliphatic carbocycles. The average molecular weight is 336 g/mol. The van der Waals surface area contributed by atoms with Gasteiger partial charge in [0, 0.05) is 19.3 Å². The van der Waals surface area contributed by atoms with E-state index in [9.17, 15) is 12.8 Å². The van der Waals surface area contributed by atoms with Crippen molar-refractivity contribution >= 4 is 16.0 Å². The molecule has 0 bridgehead atoms. The number of halogens is 1. The van der Waals surface area contributed by atoms with Crippen molar-refractivity contribution in [3.8, 4) is 0 Å². The topological polar surface area (TPSA) is 75.2 Å². The summed E-state index contributed by atoms with van der Waals surface area (Å²) >= 11 is 0. The lowest BCUT2D eigenvalue weighted by atomic mass is 10.4. The van der Waals surface area contributed by atoms with Crippen LogP contribution in [0, 0.1) is 5.82 Å². The Morgan fingerprint density at radius 3 is 2.65 bits per heavy atom. The molecule has 1 aliphatic rings. The van der Waals surface area contributed by atoms with Gasteiger partial charge in [-0.2, -0.15) is 0 Å². The van der Waals surface area contributed by atoms with Gasteiger partial charge in [-0.25, -0.2) is 27.5 Å². The predicted molar refractivity (Wildman–Crippen MR) is 83.9 cm³/mol. The van der Waals surface area contributed by atoms with Crippen LogP contribution in [0.25, 0.3) is 0 Å². The van der Waals surface area contributed by atoms with Crippen molar-refractivity contribution in [1.82, 2.24) is 14.7 Å². The van der Waals surface area contributed by atoms with Gasteiger partial charge in [0.05, 0.1) is 12.2 Å². The Labute approximate surface area is 134 Å². The quantitative estimate of drug-likeness (QED) is 0.899. The van der Waals surface area contributed by atoms with E-state index in [1.54, 1.807) is 12.3 Å². The van der Waals surface area contributed by atoms with Crippen LogP contribution in [0.5, 0.6) is 0 Å². The van der Waals surface area contributed by atoms with E-state index >= 15 is 0 Å². The molecule has 0 atom stereocenters. The summed E-state index contributed by atoms with van der Waals surface area (Å²) in [7, 11) is -3.92. The smallest absolute Gasteiger partial charge is 0.243 e. The van der Waals surface area contributed by atoms with Crippen molar-refractivity contribution in [1.29, 1.82) is 0 Å². The number of nitrogens with one attached hydrogen (secondary N) is 1. The van der Waals surface area contributed by atoms with Crippen molar-refractivity contribution in [2.24, 2.45) is 0 Å². The van der Waals surface area contributed by atoms with Gasteiger partial charge in [-0.1, -0.05) is 12.1 Å². The molecule has 6 nitrogen and oxygen atoms in total. The number of anilines is 1. The Morgan fingerprint density at radius 2 is 1.91 bits per heavy atom. The Balaban J connectivity index is 1.73. The average Bonchev–Trinajstić information content (AvgIpc) is 3.08. The van der Waals surface area contributed by atoms with Gasteiger partial charge in [0.25, 0.3) is 0 Å². The molecule has 1 fully saturated rings. The van der Waals surface area contributed by atoms with Crippen molar-refractivity contribution in [2.75, 3.05) is 18.0 Å². The maximum atomic E-state index is 13.6. The van der Waals surface area contributed by atoms with Crippen LogP contribution in [0.1, 0.15) is 18.5 Å². The number of hydrogen-bond acceptors (Lipinski definition) is 5. The highest BCUT2D eigenvalue weighted by atomic mass is 32.2. The minimum Gasteiger partial charge on any atom is -0.341 e. The molecule has 0 radical (unpaired) electrons. The summed E-state index contributed by atoms with van der Waals surface area (Å²) in [5.41, 5.74) is 0.543. The summed E-state index contributed by atoms with van der Waals surface area (Å²) in [5.74, 6) is -0.175. The second-order valence-electron chi connectivity index (χ2n) is 5.30. The predicted octanol–water partition coefficient (Wildman–Crippen LogP) is 1.69. The summed E-state index contributed by atoms with van der Waals surface area (Å²) in [6.07, 6.45) is 3.81. The molecule has 1 aromatic carbocycles. The first kappa shape index (κ1) is 15.8. The van der Waals surface area contributed by atoms with E-state index in [2.05, 4.69) is 19.6 Å². The van der Waals surface area contributed by atoms with Crippen LogP contribution >= 0.6 is 0 Å². The monoisotopic (exact) mass is 336 g/mol. The zero-order chi connectivity index (χ0) is 16.3. The third-order valence-corrected chi connectivity index (χ3v) is 5.09. The van der Waals surface area contributed by atoms with Gasteiger partial charge in [-0.05, 0) is 31.0 Å². The normalized spacial score (nSPS) is 15.1. The van der Waals surface area contributed by atoms with Crippen molar-refractivity contribution in [3.63, 3.8) is 0 Å². The standard InChI is InChI=1S/C15H17FN4O2S/c16-13-5-1-2-6-14(13)23(21,22)18-11-12-7-8-17-15(19-12)20-9-3-4-10-20/h1-2,5-8,18H,3-4,9-11H2. The van der Waals surface area contributed by atoms with Crippen molar-refractivity contribution < 1.29 is 12.8 Å². The molecule has 8 heteroatoms. The molecule has 0 saturated carbocycles. The molecule has 1 aliphatic heterocycles. The summed E-state index contributed by atoms with van der Waals surface area (Å²) in [4.78, 5) is 10.3. The summed E-state index contributed by atoms with van der Waals surface area (Å²) in [5, 5.41) is 0. The summed E-state index contributed by atoms with van der Waals surface area (Å²) < 4.78 is 40.3. The molecule has 3 rings (SSSR count). The first-order valence-electron chi connectivity index (χ1n) is 7.37. The SMILES string of the molecule is O=S(=O)(NCc1ccnc(N2CCCC2)n1)c1ccccc1F. The molecular weight excluding hydrogens is 319 g/mol. The summed E-state index contributed by atoms with van der Waals surface area (Å²) in [6.45, 7) is 1.80. The lowest BCUT2D eigenvalue weighted by Gasteiger charge is -2.15. The molecule has 1 aromatic heterocycles. The first-order chi connectivity index (χ1) is 11.1. The van der Waals surface area contributed by atoms with Gasteiger partial charge >= 0.3 is 0 Å². The van der Waals surface area contributed by atoms with Crippen LogP contribution in [-0.4, -0.2) is 31.5 Å². The number of benzene rings is 1. The lowest BCUT2D eigenvalue weighted by molar-refractivity contribution is 0.556. The number of sulfonamides is 1. The largest absolute Gasteiger partial charge is 0.341 e. The van der Waals surface area contributed by atoms with Crippen molar-refractivity contribution in [3.05, 3.63) is 48.0 Å². The molecule has 122 valence electrons. The lowest BCUT2D eigenvalue weighted by Crippen LogP contribution is -2.26. The Hall–Kier alpha value is -2.06. The highest BCUT2D eigenvalue weighted by molar-refractivity contribution is 7.89. The van der Waals surface area contributed by atoms with Gasteiger partial charge in [0.1, 0.15) is 10.7 Å². The molecule has 0 unspecified atom stereocenters. The van der Waals surface area contributed by atoms with E-state index in [4.69, 9.17) is 0 Å². The molecular formula is C15H17FN4O2S. The van der Waals surface area contributed by atoms with Gasteiger partial charge in [0.15, 0.2) is 0 Å². The van der Waals surface area contributed by atoms with Crippen LogP contribution in [0.2, 0.25) is 0 Å². The molecule has 0 amide bonds. The number of aromatic nitrogens is 2. The molecule has 0 spiro atoms. The zero-order valence-corrected chi connectivity index (χ0v) is 13.3. The zero-order valence-electron chi connectivity index (χ0n) is 12.4. The Kier molecular flexibility index (Phi) is 4.53. The van der Waals surface area contributed by atoms with E-state index in [0.29, 0.717) is 11.6 Å². The Bertz CT molecular complexity index is 792.